The molecule has 23 heavy (non-hydrogen) atoms. The maximum Gasteiger partial charge on any atom is 0.227 e. The third-order valence-electron chi connectivity index (χ3n) is 3.85. The number of amides is 1. The first-order chi connectivity index (χ1) is 10.9. The fourth-order valence-corrected chi connectivity index (χ4v) is 3.39. The minimum Gasteiger partial charge on any atom is -0.312 e. The van der Waals surface area contributed by atoms with Gasteiger partial charge in [-0.3, -0.25) is 9.59 Å². The van der Waals surface area contributed by atoms with E-state index in [1.807, 2.05) is 58.0 Å². The summed E-state index contributed by atoms with van der Waals surface area (Å²) in [6.45, 7) is 8.57. The second kappa shape index (κ2) is 7.55. The Labute approximate surface area is 141 Å². The standard InChI is InChI=1S/C19H23NO2S/c1-5-20(16-12-13(2)6-7-14(16)3)19(22)11-9-17(21)18-10-8-15(4)23-18/h6-8,10,12H,5,9,11H2,1-4H3. The third kappa shape index (κ3) is 4.29. The second-order valence-corrected chi connectivity index (χ2v) is 7.05. The predicted molar refractivity (Wildman–Crippen MR) is 96.6 cm³/mol. The molecule has 0 atom stereocenters. The maximum absolute atomic E-state index is 12.6. The first-order valence-corrected chi connectivity index (χ1v) is 8.71. The first-order valence-electron chi connectivity index (χ1n) is 7.89. The van der Waals surface area contributed by atoms with Crippen LogP contribution in [-0.2, 0) is 4.79 Å². The summed E-state index contributed by atoms with van der Waals surface area (Å²) < 4.78 is 0. The lowest BCUT2D eigenvalue weighted by Gasteiger charge is -2.23. The van der Waals surface area contributed by atoms with E-state index in [1.54, 1.807) is 4.90 Å². The van der Waals surface area contributed by atoms with E-state index in [2.05, 4.69) is 0 Å². The van der Waals surface area contributed by atoms with Crippen molar-refractivity contribution in [2.24, 2.45) is 0 Å². The zero-order valence-electron chi connectivity index (χ0n) is 14.2. The van der Waals surface area contributed by atoms with Crippen LogP contribution in [0.3, 0.4) is 0 Å². The van der Waals surface area contributed by atoms with E-state index in [4.69, 9.17) is 0 Å². The number of carbonyl (C=O) groups is 2. The molecule has 0 aliphatic heterocycles. The number of Topliss-reactive ketones (excluding diaryl/α,β-unsaturated/α-hetero) is 1. The number of hydrogen-bond donors (Lipinski definition) is 0. The largest absolute Gasteiger partial charge is 0.312 e. The molecule has 0 radical (unpaired) electrons. The highest BCUT2D eigenvalue weighted by Crippen LogP contribution is 2.23. The lowest BCUT2D eigenvalue weighted by Crippen LogP contribution is -2.31. The molecule has 0 bridgehead atoms. The van der Waals surface area contributed by atoms with Crippen LogP contribution >= 0.6 is 11.3 Å². The smallest absolute Gasteiger partial charge is 0.227 e. The van der Waals surface area contributed by atoms with Gasteiger partial charge in [0.2, 0.25) is 5.91 Å². The monoisotopic (exact) mass is 329 g/mol. The zero-order chi connectivity index (χ0) is 17.0. The number of benzene rings is 1. The van der Waals surface area contributed by atoms with Crippen molar-refractivity contribution in [1.29, 1.82) is 0 Å². The fraction of sp³-hybridized carbons (Fsp3) is 0.368. The van der Waals surface area contributed by atoms with Crippen molar-refractivity contribution in [1.82, 2.24) is 0 Å². The molecule has 0 aliphatic rings. The molecule has 4 heteroatoms. The van der Waals surface area contributed by atoms with E-state index in [-0.39, 0.29) is 24.5 Å². The molecule has 1 amide bonds. The van der Waals surface area contributed by atoms with Crippen LogP contribution in [0.4, 0.5) is 5.69 Å². The topological polar surface area (TPSA) is 37.4 Å². The van der Waals surface area contributed by atoms with Crippen molar-refractivity contribution in [2.45, 2.75) is 40.5 Å². The van der Waals surface area contributed by atoms with Crippen molar-refractivity contribution in [3.63, 3.8) is 0 Å². The van der Waals surface area contributed by atoms with Crippen molar-refractivity contribution < 1.29 is 9.59 Å². The van der Waals surface area contributed by atoms with Crippen LogP contribution < -0.4 is 4.90 Å². The second-order valence-electron chi connectivity index (χ2n) is 5.76. The van der Waals surface area contributed by atoms with Gasteiger partial charge in [-0.1, -0.05) is 12.1 Å². The van der Waals surface area contributed by atoms with Gasteiger partial charge in [-0.25, -0.2) is 0 Å². The van der Waals surface area contributed by atoms with E-state index in [0.29, 0.717) is 6.54 Å². The predicted octanol–water partition coefficient (Wildman–Crippen LogP) is 4.69. The lowest BCUT2D eigenvalue weighted by molar-refractivity contribution is -0.118. The Morgan fingerprint density at radius 1 is 1.04 bits per heavy atom. The highest BCUT2D eigenvalue weighted by Gasteiger charge is 2.18. The molecule has 0 saturated carbocycles. The van der Waals surface area contributed by atoms with Crippen molar-refractivity contribution in [3.05, 3.63) is 51.2 Å². The van der Waals surface area contributed by atoms with E-state index in [9.17, 15) is 9.59 Å². The summed E-state index contributed by atoms with van der Waals surface area (Å²) in [5, 5.41) is 0. The van der Waals surface area contributed by atoms with Gasteiger partial charge in [0.25, 0.3) is 0 Å². The number of hydrogen-bond acceptors (Lipinski definition) is 3. The Bertz CT molecular complexity index is 718. The van der Waals surface area contributed by atoms with Crippen molar-refractivity contribution in [3.8, 4) is 0 Å². The Hall–Kier alpha value is -1.94. The van der Waals surface area contributed by atoms with Gasteiger partial charge >= 0.3 is 0 Å². The van der Waals surface area contributed by atoms with Crippen LogP contribution in [0.15, 0.2) is 30.3 Å². The summed E-state index contributed by atoms with van der Waals surface area (Å²) in [6, 6.07) is 9.88. The van der Waals surface area contributed by atoms with Crippen LogP contribution in [0.25, 0.3) is 0 Å². The molecule has 1 heterocycles. The molecule has 2 aromatic rings. The van der Waals surface area contributed by atoms with E-state index in [1.165, 1.54) is 11.3 Å². The fourth-order valence-electron chi connectivity index (χ4n) is 2.55. The Morgan fingerprint density at radius 3 is 2.39 bits per heavy atom. The molecule has 1 aromatic carbocycles. The van der Waals surface area contributed by atoms with Gasteiger partial charge in [-0.15, -0.1) is 11.3 Å². The first kappa shape index (κ1) is 17.4. The number of rotatable bonds is 6. The zero-order valence-corrected chi connectivity index (χ0v) is 15.0. The maximum atomic E-state index is 12.6. The Kier molecular flexibility index (Phi) is 5.72. The molecule has 0 aliphatic carbocycles. The molecule has 0 spiro atoms. The summed E-state index contributed by atoms with van der Waals surface area (Å²) in [6.07, 6.45) is 0.511. The quantitative estimate of drug-likeness (QED) is 0.721. The van der Waals surface area contributed by atoms with Crippen LogP contribution in [0.1, 0.15) is 45.4 Å². The van der Waals surface area contributed by atoms with Crippen LogP contribution in [0.5, 0.6) is 0 Å². The third-order valence-corrected chi connectivity index (χ3v) is 4.90. The SMILES string of the molecule is CCN(C(=O)CCC(=O)c1ccc(C)s1)c1cc(C)ccc1C. The number of ketones is 1. The molecular formula is C19H23NO2S. The molecule has 2 rings (SSSR count). The Morgan fingerprint density at radius 2 is 1.78 bits per heavy atom. The van der Waals surface area contributed by atoms with Gasteiger partial charge in [0.15, 0.2) is 5.78 Å². The van der Waals surface area contributed by atoms with Crippen molar-refractivity contribution in [2.75, 3.05) is 11.4 Å². The normalized spacial score (nSPS) is 10.6. The summed E-state index contributed by atoms with van der Waals surface area (Å²) in [4.78, 5) is 28.4. The number of carbonyl (C=O) groups excluding carboxylic acids is 2. The molecular weight excluding hydrogens is 306 g/mol. The molecule has 3 nitrogen and oxygen atoms in total. The summed E-state index contributed by atoms with van der Waals surface area (Å²) >= 11 is 1.49. The minimum absolute atomic E-state index is 0.00262. The van der Waals surface area contributed by atoms with E-state index in [0.717, 1.165) is 26.6 Å². The van der Waals surface area contributed by atoms with E-state index >= 15 is 0 Å². The van der Waals surface area contributed by atoms with Crippen LogP contribution in [0.2, 0.25) is 0 Å². The molecule has 0 unspecified atom stereocenters. The van der Waals surface area contributed by atoms with Crippen LogP contribution in [-0.4, -0.2) is 18.2 Å². The highest BCUT2D eigenvalue weighted by atomic mass is 32.1. The molecule has 122 valence electrons. The molecule has 0 saturated heterocycles. The average Bonchev–Trinajstić information content (AvgIpc) is 2.95. The number of aryl methyl sites for hydroxylation is 3. The Balaban J connectivity index is 2.06. The van der Waals surface area contributed by atoms with Gasteiger partial charge < -0.3 is 4.90 Å². The number of thiophene rings is 1. The lowest BCUT2D eigenvalue weighted by atomic mass is 10.1. The van der Waals surface area contributed by atoms with Gasteiger partial charge in [-0.2, -0.15) is 0 Å². The van der Waals surface area contributed by atoms with E-state index < -0.39 is 0 Å². The van der Waals surface area contributed by atoms with Gasteiger partial charge in [0.1, 0.15) is 0 Å². The minimum atomic E-state index is 0.00262. The summed E-state index contributed by atoms with van der Waals surface area (Å²) in [5.41, 5.74) is 3.14. The van der Waals surface area contributed by atoms with Crippen molar-refractivity contribution >= 4 is 28.7 Å². The average molecular weight is 329 g/mol. The number of anilines is 1. The van der Waals surface area contributed by atoms with Crippen LogP contribution in [0, 0.1) is 20.8 Å². The van der Waals surface area contributed by atoms with Gasteiger partial charge in [0, 0.05) is 30.0 Å². The summed E-state index contributed by atoms with van der Waals surface area (Å²) in [5.74, 6) is 0.0521. The summed E-state index contributed by atoms with van der Waals surface area (Å²) in [7, 11) is 0. The highest BCUT2D eigenvalue weighted by molar-refractivity contribution is 7.14. The molecule has 0 fully saturated rings. The van der Waals surface area contributed by atoms with Gasteiger partial charge in [0.05, 0.1) is 4.88 Å². The number of nitrogens with zero attached hydrogens (tertiary/aromatic N) is 1. The molecule has 0 N–H and O–H groups in total. The van der Waals surface area contributed by atoms with Gasteiger partial charge in [-0.05, 0) is 57.0 Å². The molecule has 1 aromatic heterocycles.